The monoisotopic (exact) mass is 285 g/mol. The minimum absolute atomic E-state index is 0.0855. The second-order valence-electron chi connectivity index (χ2n) is 3.39. The first-order chi connectivity index (χ1) is 7.72. The Hall–Kier alpha value is -0.940. The molecule has 1 heterocycles. The van der Waals surface area contributed by atoms with Gasteiger partial charge >= 0.3 is 0 Å². The summed E-state index contributed by atoms with van der Waals surface area (Å²) in [6, 6.07) is 2.01. The number of rotatable bonds is 6. The predicted octanol–water partition coefficient (Wildman–Crippen LogP) is 1.46. The fourth-order valence-electron chi connectivity index (χ4n) is 1.27. The van der Waals surface area contributed by atoms with E-state index in [1.54, 1.807) is 6.20 Å². The SMILES string of the molecule is CCNC(=O)CCNCc1cncc(Br)c1. The normalized spacial score (nSPS) is 10.1. The van der Waals surface area contributed by atoms with E-state index < -0.39 is 0 Å². The number of carbonyl (C=O) groups is 1. The van der Waals surface area contributed by atoms with Crippen LogP contribution < -0.4 is 10.6 Å². The smallest absolute Gasteiger partial charge is 0.221 e. The Morgan fingerprint density at radius 2 is 2.31 bits per heavy atom. The van der Waals surface area contributed by atoms with Gasteiger partial charge in [0.15, 0.2) is 0 Å². The number of pyridine rings is 1. The molecule has 16 heavy (non-hydrogen) atoms. The third-order valence-corrected chi connectivity index (χ3v) is 2.43. The molecule has 0 aliphatic rings. The van der Waals surface area contributed by atoms with Gasteiger partial charge in [0.05, 0.1) is 0 Å². The largest absolute Gasteiger partial charge is 0.356 e. The summed E-state index contributed by atoms with van der Waals surface area (Å²) in [5.74, 6) is 0.0855. The zero-order chi connectivity index (χ0) is 11.8. The molecule has 2 N–H and O–H groups in total. The lowest BCUT2D eigenvalue weighted by Crippen LogP contribution is -2.27. The molecular formula is C11H16BrN3O. The molecule has 0 saturated carbocycles. The lowest BCUT2D eigenvalue weighted by Gasteiger charge is -2.05. The summed E-state index contributed by atoms with van der Waals surface area (Å²) in [5.41, 5.74) is 1.10. The van der Waals surface area contributed by atoms with Gasteiger partial charge in [0.25, 0.3) is 0 Å². The highest BCUT2D eigenvalue weighted by atomic mass is 79.9. The number of hydrogen-bond donors (Lipinski definition) is 2. The van der Waals surface area contributed by atoms with E-state index in [1.165, 1.54) is 0 Å². The van der Waals surface area contributed by atoms with Gasteiger partial charge in [-0.25, -0.2) is 0 Å². The van der Waals surface area contributed by atoms with Gasteiger partial charge in [-0.05, 0) is 34.5 Å². The van der Waals surface area contributed by atoms with Gasteiger partial charge in [0, 0.05) is 42.9 Å². The molecule has 0 radical (unpaired) electrons. The molecule has 1 amide bonds. The summed E-state index contributed by atoms with van der Waals surface area (Å²) in [6.07, 6.45) is 4.07. The first kappa shape index (κ1) is 13.1. The molecule has 0 bridgehead atoms. The Morgan fingerprint density at radius 1 is 1.50 bits per heavy atom. The molecule has 0 fully saturated rings. The van der Waals surface area contributed by atoms with Crippen LogP contribution in [0.15, 0.2) is 22.9 Å². The van der Waals surface area contributed by atoms with E-state index in [0.717, 1.165) is 16.6 Å². The van der Waals surface area contributed by atoms with Gasteiger partial charge in [-0.3, -0.25) is 9.78 Å². The lowest BCUT2D eigenvalue weighted by atomic mass is 10.3. The molecule has 1 aromatic rings. The number of nitrogens with one attached hydrogen (secondary N) is 2. The molecule has 1 rings (SSSR count). The summed E-state index contributed by atoms with van der Waals surface area (Å²) < 4.78 is 0.968. The Bertz CT molecular complexity index is 344. The van der Waals surface area contributed by atoms with E-state index in [4.69, 9.17) is 0 Å². The average Bonchev–Trinajstić information content (AvgIpc) is 2.25. The molecular weight excluding hydrogens is 270 g/mol. The maximum absolute atomic E-state index is 11.1. The van der Waals surface area contributed by atoms with Crippen molar-refractivity contribution in [1.29, 1.82) is 0 Å². The maximum atomic E-state index is 11.1. The summed E-state index contributed by atoms with van der Waals surface area (Å²) in [6.45, 7) is 4.01. The van der Waals surface area contributed by atoms with E-state index in [-0.39, 0.29) is 5.91 Å². The molecule has 0 saturated heterocycles. The summed E-state index contributed by atoms with van der Waals surface area (Å²) in [5, 5.41) is 5.95. The molecule has 0 unspecified atom stereocenters. The highest BCUT2D eigenvalue weighted by Crippen LogP contribution is 2.08. The molecule has 0 spiro atoms. The van der Waals surface area contributed by atoms with Crippen molar-refractivity contribution in [1.82, 2.24) is 15.6 Å². The van der Waals surface area contributed by atoms with Crippen LogP contribution in [-0.2, 0) is 11.3 Å². The molecule has 88 valence electrons. The van der Waals surface area contributed by atoms with Crippen LogP contribution in [-0.4, -0.2) is 24.0 Å². The van der Waals surface area contributed by atoms with E-state index >= 15 is 0 Å². The first-order valence-corrected chi connectivity index (χ1v) is 6.08. The van der Waals surface area contributed by atoms with Gasteiger partial charge in [-0.1, -0.05) is 0 Å². The second-order valence-corrected chi connectivity index (χ2v) is 4.31. The molecule has 5 heteroatoms. The van der Waals surface area contributed by atoms with E-state index in [2.05, 4.69) is 31.5 Å². The molecule has 1 aromatic heterocycles. The summed E-state index contributed by atoms with van der Waals surface area (Å²) in [4.78, 5) is 15.2. The van der Waals surface area contributed by atoms with Crippen LogP contribution in [0, 0.1) is 0 Å². The number of nitrogens with zero attached hydrogens (tertiary/aromatic N) is 1. The van der Waals surface area contributed by atoms with Gasteiger partial charge < -0.3 is 10.6 Å². The Morgan fingerprint density at radius 3 is 3.00 bits per heavy atom. The quantitative estimate of drug-likeness (QED) is 0.778. The summed E-state index contributed by atoms with van der Waals surface area (Å²) >= 11 is 3.36. The van der Waals surface area contributed by atoms with Crippen LogP contribution in [0.2, 0.25) is 0 Å². The Balaban J connectivity index is 2.18. The fraction of sp³-hybridized carbons (Fsp3) is 0.455. The van der Waals surface area contributed by atoms with Crippen molar-refractivity contribution < 1.29 is 4.79 Å². The molecule has 0 aliphatic heterocycles. The number of amides is 1. The highest BCUT2D eigenvalue weighted by molar-refractivity contribution is 9.10. The van der Waals surface area contributed by atoms with E-state index in [1.807, 2.05) is 19.2 Å². The number of carbonyl (C=O) groups excluding carboxylic acids is 1. The number of aromatic nitrogens is 1. The number of halogens is 1. The van der Waals surface area contributed by atoms with Crippen molar-refractivity contribution >= 4 is 21.8 Å². The van der Waals surface area contributed by atoms with Gasteiger partial charge in [0.1, 0.15) is 0 Å². The maximum Gasteiger partial charge on any atom is 0.221 e. The van der Waals surface area contributed by atoms with Crippen molar-refractivity contribution in [2.45, 2.75) is 19.9 Å². The Labute approximate surface area is 104 Å². The van der Waals surface area contributed by atoms with E-state index in [9.17, 15) is 4.79 Å². The standard InChI is InChI=1S/C11H16BrN3O/c1-2-15-11(16)3-4-13-6-9-5-10(12)8-14-7-9/h5,7-8,13H,2-4,6H2,1H3,(H,15,16). The van der Waals surface area contributed by atoms with Gasteiger partial charge in [-0.15, -0.1) is 0 Å². The Kier molecular flexibility index (Phi) is 6.03. The minimum Gasteiger partial charge on any atom is -0.356 e. The van der Waals surface area contributed by atoms with Crippen LogP contribution in [0.25, 0.3) is 0 Å². The number of hydrogen-bond acceptors (Lipinski definition) is 3. The second kappa shape index (κ2) is 7.35. The van der Waals surface area contributed by atoms with E-state index in [0.29, 0.717) is 19.5 Å². The van der Waals surface area contributed by atoms with Crippen LogP contribution in [0.4, 0.5) is 0 Å². The van der Waals surface area contributed by atoms with Crippen LogP contribution >= 0.6 is 15.9 Å². The van der Waals surface area contributed by atoms with Crippen molar-refractivity contribution in [3.8, 4) is 0 Å². The molecule has 4 nitrogen and oxygen atoms in total. The van der Waals surface area contributed by atoms with Crippen molar-refractivity contribution in [3.63, 3.8) is 0 Å². The third kappa shape index (κ3) is 5.23. The predicted molar refractivity (Wildman–Crippen MR) is 66.9 cm³/mol. The van der Waals surface area contributed by atoms with Crippen LogP contribution in [0.5, 0.6) is 0 Å². The average molecular weight is 286 g/mol. The van der Waals surface area contributed by atoms with Crippen molar-refractivity contribution in [3.05, 3.63) is 28.5 Å². The molecule has 0 aromatic carbocycles. The van der Waals surface area contributed by atoms with Crippen LogP contribution in [0.3, 0.4) is 0 Å². The zero-order valence-corrected chi connectivity index (χ0v) is 10.9. The van der Waals surface area contributed by atoms with Gasteiger partial charge in [0.2, 0.25) is 5.91 Å². The minimum atomic E-state index is 0.0855. The highest BCUT2D eigenvalue weighted by Gasteiger charge is 1.99. The van der Waals surface area contributed by atoms with Gasteiger partial charge in [-0.2, -0.15) is 0 Å². The molecule has 0 aliphatic carbocycles. The lowest BCUT2D eigenvalue weighted by molar-refractivity contribution is -0.120. The first-order valence-electron chi connectivity index (χ1n) is 5.29. The van der Waals surface area contributed by atoms with Crippen LogP contribution in [0.1, 0.15) is 18.9 Å². The topological polar surface area (TPSA) is 54.0 Å². The van der Waals surface area contributed by atoms with Crippen molar-refractivity contribution in [2.24, 2.45) is 0 Å². The summed E-state index contributed by atoms with van der Waals surface area (Å²) in [7, 11) is 0. The zero-order valence-electron chi connectivity index (χ0n) is 9.29. The fourth-order valence-corrected chi connectivity index (χ4v) is 1.68. The molecule has 0 atom stereocenters. The third-order valence-electron chi connectivity index (χ3n) is 1.99. The van der Waals surface area contributed by atoms with Crippen molar-refractivity contribution in [2.75, 3.05) is 13.1 Å².